The molecule has 0 unspecified atom stereocenters. The molecule has 0 radical (unpaired) electrons. The summed E-state index contributed by atoms with van der Waals surface area (Å²) in [6, 6.07) is 0. The molecule has 2 atom stereocenters. The SMILES string of the molecule is CC/C=C\C[C@H](O)/C=C/C#CCC#C/C=C/[C@@H](O)C/C=C\CCC(=O)O. The highest BCUT2D eigenvalue weighted by Crippen LogP contribution is 1.98. The molecule has 0 aliphatic carbocycles. The van der Waals surface area contributed by atoms with Gasteiger partial charge in [0.05, 0.1) is 18.6 Å². The van der Waals surface area contributed by atoms with Crippen molar-refractivity contribution in [2.75, 3.05) is 0 Å². The van der Waals surface area contributed by atoms with Gasteiger partial charge in [-0.2, -0.15) is 0 Å². The standard InChI is InChI=1S/C22H28O4/c1-2-3-10-15-20(23)16-11-7-5-4-6-8-12-17-21(24)18-13-9-14-19-22(25)26/h3,9-13,16-17,20-21,23-24H,2,4,14-15,18-19H2,1H3,(H,25,26)/b10-3-,13-9-,16-11+,17-12+/t20-,21+/m0/s1. The lowest BCUT2D eigenvalue weighted by Gasteiger charge is -1.98. The first-order valence-electron chi connectivity index (χ1n) is 8.74. The van der Waals surface area contributed by atoms with Gasteiger partial charge in [-0.1, -0.05) is 54.9 Å². The van der Waals surface area contributed by atoms with Crippen molar-refractivity contribution in [3.63, 3.8) is 0 Å². The second-order valence-corrected chi connectivity index (χ2v) is 5.43. The molecule has 0 saturated carbocycles. The van der Waals surface area contributed by atoms with E-state index in [-0.39, 0.29) is 6.42 Å². The van der Waals surface area contributed by atoms with Crippen molar-refractivity contribution in [2.45, 2.75) is 57.7 Å². The Morgan fingerprint density at radius 1 is 0.923 bits per heavy atom. The van der Waals surface area contributed by atoms with Crippen LogP contribution in [-0.4, -0.2) is 33.5 Å². The molecule has 0 bridgehead atoms. The number of aliphatic hydroxyl groups excluding tert-OH is 2. The van der Waals surface area contributed by atoms with Crippen LogP contribution in [0.5, 0.6) is 0 Å². The van der Waals surface area contributed by atoms with Crippen LogP contribution in [0.1, 0.15) is 45.4 Å². The average molecular weight is 356 g/mol. The molecule has 0 aliphatic rings. The number of hydrogen-bond acceptors (Lipinski definition) is 3. The molecule has 4 nitrogen and oxygen atoms in total. The first kappa shape index (κ1) is 23.5. The summed E-state index contributed by atoms with van der Waals surface area (Å²) >= 11 is 0. The first-order chi connectivity index (χ1) is 12.6. The molecule has 0 rings (SSSR count). The van der Waals surface area contributed by atoms with E-state index in [4.69, 9.17) is 5.11 Å². The van der Waals surface area contributed by atoms with Gasteiger partial charge in [0.1, 0.15) is 0 Å². The van der Waals surface area contributed by atoms with Crippen molar-refractivity contribution < 1.29 is 20.1 Å². The minimum Gasteiger partial charge on any atom is -0.481 e. The molecular weight excluding hydrogens is 328 g/mol. The van der Waals surface area contributed by atoms with E-state index >= 15 is 0 Å². The third kappa shape index (κ3) is 17.8. The quantitative estimate of drug-likeness (QED) is 0.414. The molecule has 3 N–H and O–H groups in total. The topological polar surface area (TPSA) is 77.8 Å². The number of carboxylic acid groups (broad SMARTS) is 1. The van der Waals surface area contributed by atoms with Gasteiger partial charge < -0.3 is 15.3 Å². The Hall–Kier alpha value is -2.53. The molecule has 0 spiro atoms. The Morgan fingerprint density at radius 3 is 1.96 bits per heavy atom. The Morgan fingerprint density at radius 2 is 1.46 bits per heavy atom. The van der Waals surface area contributed by atoms with Crippen LogP contribution in [0.4, 0.5) is 0 Å². The van der Waals surface area contributed by atoms with Crippen LogP contribution in [0.3, 0.4) is 0 Å². The summed E-state index contributed by atoms with van der Waals surface area (Å²) in [5.41, 5.74) is 0. The second kappa shape index (κ2) is 17.3. The van der Waals surface area contributed by atoms with E-state index in [0.717, 1.165) is 6.42 Å². The van der Waals surface area contributed by atoms with Gasteiger partial charge in [-0.3, -0.25) is 4.79 Å². The summed E-state index contributed by atoms with van der Waals surface area (Å²) in [5, 5.41) is 27.8. The number of hydrogen-bond donors (Lipinski definition) is 3. The zero-order valence-corrected chi connectivity index (χ0v) is 15.3. The largest absolute Gasteiger partial charge is 0.481 e. The molecule has 0 fully saturated rings. The average Bonchev–Trinajstić information content (AvgIpc) is 2.60. The van der Waals surface area contributed by atoms with Gasteiger partial charge in [-0.15, -0.1) is 0 Å². The maximum absolute atomic E-state index is 10.3. The molecule has 4 heteroatoms. The normalized spacial score (nSPS) is 13.7. The van der Waals surface area contributed by atoms with Crippen LogP contribution < -0.4 is 0 Å². The van der Waals surface area contributed by atoms with Crippen LogP contribution in [0.25, 0.3) is 0 Å². The smallest absolute Gasteiger partial charge is 0.303 e. The van der Waals surface area contributed by atoms with Crippen molar-refractivity contribution in [1.82, 2.24) is 0 Å². The Kier molecular flexibility index (Phi) is 15.6. The summed E-state index contributed by atoms with van der Waals surface area (Å²) in [4.78, 5) is 10.3. The predicted molar refractivity (Wildman–Crippen MR) is 105 cm³/mol. The lowest BCUT2D eigenvalue weighted by molar-refractivity contribution is -0.136. The summed E-state index contributed by atoms with van der Waals surface area (Å²) in [7, 11) is 0. The molecule has 0 aliphatic heterocycles. The molecule has 0 amide bonds. The van der Waals surface area contributed by atoms with Gasteiger partial charge in [0.25, 0.3) is 0 Å². The van der Waals surface area contributed by atoms with Crippen LogP contribution in [0.2, 0.25) is 0 Å². The van der Waals surface area contributed by atoms with Gasteiger partial charge in [0.2, 0.25) is 0 Å². The van der Waals surface area contributed by atoms with E-state index in [9.17, 15) is 15.0 Å². The molecule has 0 aromatic rings. The minimum absolute atomic E-state index is 0.0962. The molecule has 140 valence electrons. The highest BCUT2D eigenvalue weighted by atomic mass is 16.4. The van der Waals surface area contributed by atoms with Crippen molar-refractivity contribution in [3.8, 4) is 23.7 Å². The molecule has 0 aromatic heterocycles. The summed E-state index contributed by atoms with van der Waals surface area (Å²) < 4.78 is 0. The third-order valence-corrected chi connectivity index (χ3v) is 3.03. The summed E-state index contributed by atoms with van der Waals surface area (Å²) in [6.45, 7) is 2.04. The Labute approximate surface area is 156 Å². The molecule has 0 aromatic carbocycles. The predicted octanol–water partition coefficient (Wildman–Crippen LogP) is 3.38. The molecule has 0 heterocycles. The highest BCUT2D eigenvalue weighted by molar-refractivity contribution is 5.66. The van der Waals surface area contributed by atoms with Crippen LogP contribution >= 0.6 is 0 Å². The maximum Gasteiger partial charge on any atom is 0.303 e. The summed E-state index contributed by atoms with van der Waals surface area (Å²) in [5.74, 6) is 10.5. The molecular formula is C22H28O4. The van der Waals surface area contributed by atoms with Gasteiger partial charge in [-0.25, -0.2) is 0 Å². The maximum atomic E-state index is 10.3. The van der Waals surface area contributed by atoms with Crippen LogP contribution in [0, 0.1) is 23.7 Å². The fourth-order valence-electron chi connectivity index (χ4n) is 1.70. The number of rotatable bonds is 10. The minimum atomic E-state index is -0.829. The number of aliphatic hydroxyl groups is 2. The zero-order valence-electron chi connectivity index (χ0n) is 15.3. The third-order valence-electron chi connectivity index (χ3n) is 3.03. The Bertz CT molecular complexity index is 618. The lowest BCUT2D eigenvalue weighted by atomic mass is 10.2. The molecule has 0 saturated heterocycles. The monoisotopic (exact) mass is 356 g/mol. The zero-order chi connectivity index (χ0) is 19.5. The van der Waals surface area contributed by atoms with E-state index in [2.05, 4.69) is 23.7 Å². The van der Waals surface area contributed by atoms with E-state index < -0.39 is 18.2 Å². The van der Waals surface area contributed by atoms with Gasteiger partial charge in [0, 0.05) is 6.42 Å². The lowest BCUT2D eigenvalue weighted by Crippen LogP contribution is -1.99. The van der Waals surface area contributed by atoms with Crippen LogP contribution in [-0.2, 0) is 4.79 Å². The fraction of sp³-hybridized carbons (Fsp3) is 0.409. The van der Waals surface area contributed by atoms with Crippen molar-refractivity contribution >= 4 is 5.97 Å². The van der Waals surface area contributed by atoms with Crippen molar-refractivity contribution in [3.05, 3.63) is 48.6 Å². The number of allylic oxidation sites excluding steroid dienone is 4. The van der Waals surface area contributed by atoms with E-state index in [1.807, 2.05) is 19.1 Å². The second-order valence-electron chi connectivity index (χ2n) is 5.43. The Balaban J connectivity index is 3.96. The fourth-order valence-corrected chi connectivity index (χ4v) is 1.70. The highest BCUT2D eigenvalue weighted by Gasteiger charge is 1.95. The molecule has 26 heavy (non-hydrogen) atoms. The van der Waals surface area contributed by atoms with E-state index in [0.29, 0.717) is 25.7 Å². The van der Waals surface area contributed by atoms with E-state index in [1.54, 1.807) is 36.5 Å². The first-order valence-corrected chi connectivity index (χ1v) is 8.74. The number of aliphatic carboxylic acids is 1. The van der Waals surface area contributed by atoms with Crippen molar-refractivity contribution in [1.29, 1.82) is 0 Å². The van der Waals surface area contributed by atoms with Crippen LogP contribution in [0.15, 0.2) is 48.6 Å². The van der Waals surface area contributed by atoms with Gasteiger partial charge in [0.15, 0.2) is 0 Å². The van der Waals surface area contributed by atoms with Gasteiger partial charge >= 0.3 is 5.97 Å². The summed E-state index contributed by atoms with van der Waals surface area (Å²) in [6.07, 6.45) is 15.7. The van der Waals surface area contributed by atoms with E-state index in [1.165, 1.54) is 0 Å². The van der Waals surface area contributed by atoms with Crippen molar-refractivity contribution in [2.24, 2.45) is 0 Å². The number of carboxylic acids is 1. The van der Waals surface area contributed by atoms with Gasteiger partial charge in [-0.05, 0) is 50.0 Å². The number of carbonyl (C=O) groups is 1.